The Hall–Kier alpha value is -1.46. The van der Waals surface area contributed by atoms with Crippen molar-refractivity contribution in [3.05, 3.63) is 34.6 Å². The molecule has 1 unspecified atom stereocenters. The predicted molar refractivity (Wildman–Crippen MR) is 64.0 cm³/mol. The van der Waals surface area contributed by atoms with Gasteiger partial charge in [-0.3, -0.25) is 0 Å². The van der Waals surface area contributed by atoms with Gasteiger partial charge in [-0.15, -0.1) is 0 Å². The van der Waals surface area contributed by atoms with Gasteiger partial charge in [0.05, 0.1) is 25.4 Å². The minimum absolute atomic E-state index is 0.225. The van der Waals surface area contributed by atoms with Gasteiger partial charge in [0.15, 0.2) is 0 Å². The molecule has 2 rings (SSSR count). The molecule has 1 saturated heterocycles. The van der Waals surface area contributed by atoms with Crippen LogP contribution in [0.4, 0.5) is 4.39 Å². The van der Waals surface area contributed by atoms with Crippen LogP contribution >= 0.6 is 0 Å². The van der Waals surface area contributed by atoms with Crippen molar-refractivity contribution in [3.8, 4) is 0 Å². The number of hydrogen-bond donors (Lipinski definition) is 1. The summed E-state index contributed by atoms with van der Waals surface area (Å²) >= 11 is 0. The van der Waals surface area contributed by atoms with E-state index >= 15 is 0 Å². The summed E-state index contributed by atoms with van der Waals surface area (Å²) in [6.07, 6.45) is -0.225. The number of nitrogens with one attached hydrogen (secondary N) is 1. The van der Waals surface area contributed by atoms with Gasteiger partial charge in [-0.25, -0.2) is 9.18 Å². The first-order chi connectivity index (χ1) is 8.63. The highest BCUT2D eigenvalue weighted by Gasteiger charge is 2.21. The molecule has 0 aromatic heterocycles. The molecule has 1 aliphatic rings. The molecule has 1 heterocycles. The Morgan fingerprint density at radius 3 is 2.94 bits per heavy atom. The zero-order valence-electron chi connectivity index (χ0n) is 10.5. The number of ether oxygens (including phenoxy) is 2. The fourth-order valence-electron chi connectivity index (χ4n) is 1.99. The first-order valence-corrected chi connectivity index (χ1v) is 5.84. The third kappa shape index (κ3) is 2.52. The largest absolute Gasteiger partial charge is 0.465 e. The van der Waals surface area contributed by atoms with Crippen molar-refractivity contribution in [2.24, 2.45) is 0 Å². The Labute approximate surface area is 105 Å². The number of rotatable bonds is 2. The lowest BCUT2D eigenvalue weighted by Gasteiger charge is -2.24. The van der Waals surface area contributed by atoms with E-state index in [-0.39, 0.29) is 11.7 Å². The Balaban J connectivity index is 2.36. The van der Waals surface area contributed by atoms with Gasteiger partial charge in [0.1, 0.15) is 5.82 Å². The molecule has 0 amide bonds. The van der Waals surface area contributed by atoms with Gasteiger partial charge in [0.2, 0.25) is 0 Å². The summed E-state index contributed by atoms with van der Waals surface area (Å²) in [4.78, 5) is 11.6. The van der Waals surface area contributed by atoms with Crippen LogP contribution in [-0.2, 0) is 9.47 Å². The SMILES string of the molecule is COC(=O)c1cc(C2CNCCO2)cc(F)c1C. The summed E-state index contributed by atoms with van der Waals surface area (Å²) < 4.78 is 24.0. The summed E-state index contributed by atoms with van der Waals surface area (Å²) in [5.41, 5.74) is 1.21. The second kappa shape index (κ2) is 5.46. The molecule has 1 atom stereocenters. The van der Waals surface area contributed by atoms with Crippen molar-refractivity contribution in [2.75, 3.05) is 26.8 Å². The van der Waals surface area contributed by atoms with Gasteiger partial charge in [0, 0.05) is 13.1 Å². The highest BCUT2D eigenvalue weighted by Crippen LogP contribution is 2.24. The third-order valence-corrected chi connectivity index (χ3v) is 3.07. The van der Waals surface area contributed by atoms with Crippen LogP contribution < -0.4 is 5.32 Å². The molecule has 1 N–H and O–H groups in total. The van der Waals surface area contributed by atoms with Gasteiger partial charge < -0.3 is 14.8 Å². The van der Waals surface area contributed by atoms with E-state index in [4.69, 9.17) is 4.74 Å². The average Bonchev–Trinajstić information content (AvgIpc) is 2.41. The number of esters is 1. The standard InChI is InChI=1S/C13H16FNO3/c1-8-10(13(16)17-2)5-9(6-11(8)14)12-7-15-3-4-18-12/h5-6,12,15H,3-4,7H2,1-2H3. The van der Waals surface area contributed by atoms with Crippen LogP contribution in [0.2, 0.25) is 0 Å². The van der Waals surface area contributed by atoms with Crippen LogP contribution in [-0.4, -0.2) is 32.8 Å². The van der Waals surface area contributed by atoms with Gasteiger partial charge in [-0.2, -0.15) is 0 Å². The van der Waals surface area contributed by atoms with E-state index in [9.17, 15) is 9.18 Å². The van der Waals surface area contributed by atoms with Crippen LogP contribution in [0.1, 0.15) is 27.6 Å². The molecule has 18 heavy (non-hydrogen) atoms. The number of methoxy groups -OCH3 is 1. The molecular formula is C13H16FNO3. The maximum Gasteiger partial charge on any atom is 0.338 e. The van der Waals surface area contributed by atoms with Crippen molar-refractivity contribution >= 4 is 5.97 Å². The Kier molecular flexibility index (Phi) is 3.93. The molecule has 1 aromatic rings. The summed E-state index contributed by atoms with van der Waals surface area (Å²) in [5.74, 6) is -0.945. The highest BCUT2D eigenvalue weighted by atomic mass is 19.1. The number of benzene rings is 1. The molecule has 0 spiro atoms. The quantitative estimate of drug-likeness (QED) is 0.813. The van der Waals surface area contributed by atoms with Gasteiger partial charge in [-0.1, -0.05) is 0 Å². The lowest BCUT2D eigenvalue weighted by molar-refractivity contribution is 0.0274. The van der Waals surface area contributed by atoms with E-state index in [1.165, 1.54) is 13.2 Å². The summed E-state index contributed by atoms with van der Waals surface area (Å²) in [5, 5.41) is 3.17. The van der Waals surface area contributed by atoms with E-state index in [0.717, 1.165) is 6.54 Å². The number of halogens is 1. The molecule has 1 fully saturated rings. The normalized spacial score (nSPS) is 19.6. The zero-order valence-corrected chi connectivity index (χ0v) is 10.5. The fraction of sp³-hybridized carbons (Fsp3) is 0.462. The smallest absolute Gasteiger partial charge is 0.338 e. The second-order valence-electron chi connectivity index (χ2n) is 4.23. The van der Waals surface area contributed by atoms with Crippen LogP contribution in [0.15, 0.2) is 12.1 Å². The van der Waals surface area contributed by atoms with Crippen molar-refractivity contribution in [1.82, 2.24) is 5.32 Å². The maximum absolute atomic E-state index is 13.8. The first-order valence-electron chi connectivity index (χ1n) is 5.84. The molecule has 1 aromatic carbocycles. The summed E-state index contributed by atoms with van der Waals surface area (Å²) in [6, 6.07) is 3.06. The molecule has 5 heteroatoms. The van der Waals surface area contributed by atoms with Crippen molar-refractivity contribution < 1.29 is 18.7 Å². The monoisotopic (exact) mass is 253 g/mol. The molecule has 1 aliphatic heterocycles. The molecule has 0 aliphatic carbocycles. The van der Waals surface area contributed by atoms with E-state index in [1.54, 1.807) is 13.0 Å². The lowest BCUT2D eigenvalue weighted by atomic mass is 10.0. The number of carbonyl (C=O) groups is 1. The van der Waals surface area contributed by atoms with Crippen molar-refractivity contribution in [2.45, 2.75) is 13.0 Å². The molecule has 0 bridgehead atoms. The topological polar surface area (TPSA) is 47.6 Å². The van der Waals surface area contributed by atoms with Crippen molar-refractivity contribution in [1.29, 1.82) is 0 Å². The number of hydrogen-bond acceptors (Lipinski definition) is 4. The van der Waals surface area contributed by atoms with Crippen LogP contribution in [0.3, 0.4) is 0 Å². The van der Waals surface area contributed by atoms with Crippen LogP contribution in [0, 0.1) is 12.7 Å². The number of carbonyl (C=O) groups excluding carboxylic acids is 1. The van der Waals surface area contributed by atoms with Crippen LogP contribution in [0.25, 0.3) is 0 Å². The zero-order chi connectivity index (χ0) is 13.1. The Morgan fingerprint density at radius 1 is 1.56 bits per heavy atom. The molecule has 0 radical (unpaired) electrons. The van der Waals surface area contributed by atoms with Crippen LogP contribution in [0.5, 0.6) is 0 Å². The van der Waals surface area contributed by atoms with Gasteiger partial charge in [0.25, 0.3) is 0 Å². The molecule has 4 nitrogen and oxygen atoms in total. The molecule has 0 saturated carbocycles. The number of morpholine rings is 1. The Morgan fingerprint density at radius 2 is 2.33 bits per heavy atom. The van der Waals surface area contributed by atoms with E-state index in [0.29, 0.717) is 24.3 Å². The maximum atomic E-state index is 13.8. The van der Waals surface area contributed by atoms with E-state index in [1.807, 2.05) is 0 Å². The van der Waals surface area contributed by atoms with Crippen molar-refractivity contribution in [3.63, 3.8) is 0 Å². The third-order valence-electron chi connectivity index (χ3n) is 3.07. The second-order valence-corrected chi connectivity index (χ2v) is 4.23. The highest BCUT2D eigenvalue weighted by molar-refractivity contribution is 5.91. The molecular weight excluding hydrogens is 237 g/mol. The molecule has 98 valence electrons. The predicted octanol–water partition coefficient (Wildman–Crippen LogP) is 1.58. The lowest BCUT2D eigenvalue weighted by Crippen LogP contribution is -2.33. The van der Waals surface area contributed by atoms with Gasteiger partial charge in [-0.05, 0) is 30.2 Å². The summed E-state index contributed by atoms with van der Waals surface area (Å²) in [7, 11) is 1.28. The van der Waals surface area contributed by atoms with E-state index < -0.39 is 11.8 Å². The van der Waals surface area contributed by atoms with E-state index in [2.05, 4.69) is 10.1 Å². The minimum atomic E-state index is -0.531. The fourth-order valence-corrected chi connectivity index (χ4v) is 1.99. The average molecular weight is 253 g/mol. The summed E-state index contributed by atoms with van der Waals surface area (Å²) in [6.45, 7) is 3.54. The Bertz CT molecular complexity index is 456. The minimum Gasteiger partial charge on any atom is -0.465 e. The van der Waals surface area contributed by atoms with Gasteiger partial charge >= 0.3 is 5.97 Å². The first kappa shape index (κ1) is 13.0.